The van der Waals surface area contributed by atoms with Gasteiger partial charge in [-0.3, -0.25) is 4.79 Å². The molecule has 1 aromatic carbocycles. The van der Waals surface area contributed by atoms with E-state index in [0.717, 1.165) is 12.1 Å². The molecule has 0 aliphatic carbocycles. The molecule has 98 valence electrons. The standard InChI is InChI=1S/C11H9BrF3NO2/c12-9-2-1-6(11(13,14)15)3-8(9)10(17)16-7-4-18-5-7/h1-3,7H,4-5H2,(H,16,17). The summed E-state index contributed by atoms with van der Waals surface area (Å²) in [4.78, 5) is 11.8. The van der Waals surface area contributed by atoms with Gasteiger partial charge in [0.05, 0.1) is 30.4 Å². The molecule has 1 amide bonds. The summed E-state index contributed by atoms with van der Waals surface area (Å²) in [5, 5.41) is 2.59. The fourth-order valence-electron chi connectivity index (χ4n) is 1.46. The third-order valence-corrected chi connectivity index (χ3v) is 3.20. The smallest absolute Gasteiger partial charge is 0.377 e. The topological polar surface area (TPSA) is 38.3 Å². The summed E-state index contributed by atoms with van der Waals surface area (Å²) in [7, 11) is 0. The summed E-state index contributed by atoms with van der Waals surface area (Å²) < 4.78 is 42.8. The molecule has 0 bridgehead atoms. The molecule has 1 aliphatic rings. The number of carbonyl (C=O) groups excluding carboxylic acids is 1. The molecule has 1 heterocycles. The lowest BCUT2D eigenvalue weighted by Crippen LogP contribution is -2.48. The number of carbonyl (C=O) groups is 1. The number of benzene rings is 1. The summed E-state index contributed by atoms with van der Waals surface area (Å²) >= 11 is 3.07. The van der Waals surface area contributed by atoms with Crippen LogP contribution in [0, 0.1) is 0 Å². The first-order valence-corrected chi connectivity index (χ1v) is 5.92. The van der Waals surface area contributed by atoms with Gasteiger partial charge in [-0.05, 0) is 34.1 Å². The fourth-order valence-corrected chi connectivity index (χ4v) is 1.88. The Balaban J connectivity index is 2.22. The highest BCUT2D eigenvalue weighted by atomic mass is 79.9. The minimum absolute atomic E-state index is 0.0308. The molecule has 0 radical (unpaired) electrons. The second kappa shape index (κ2) is 4.89. The fraction of sp³-hybridized carbons (Fsp3) is 0.364. The molecule has 1 aromatic rings. The predicted molar refractivity (Wildman–Crippen MR) is 61.2 cm³/mol. The SMILES string of the molecule is O=C(NC1COC1)c1cc(C(F)(F)F)ccc1Br. The first-order chi connectivity index (χ1) is 8.38. The van der Waals surface area contributed by atoms with Crippen LogP contribution in [0.3, 0.4) is 0 Å². The quantitative estimate of drug-likeness (QED) is 0.908. The van der Waals surface area contributed by atoms with Gasteiger partial charge in [0.15, 0.2) is 0 Å². The number of hydrogen-bond acceptors (Lipinski definition) is 2. The molecule has 0 saturated carbocycles. The van der Waals surface area contributed by atoms with Crippen LogP contribution in [-0.2, 0) is 10.9 Å². The largest absolute Gasteiger partial charge is 0.416 e. The lowest BCUT2D eigenvalue weighted by Gasteiger charge is -2.27. The average molecular weight is 324 g/mol. The number of nitrogens with one attached hydrogen (secondary N) is 1. The van der Waals surface area contributed by atoms with Gasteiger partial charge in [0, 0.05) is 4.47 Å². The van der Waals surface area contributed by atoms with Crippen molar-refractivity contribution in [1.82, 2.24) is 5.32 Å². The summed E-state index contributed by atoms with van der Waals surface area (Å²) in [6, 6.07) is 2.85. The molecule has 18 heavy (non-hydrogen) atoms. The lowest BCUT2D eigenvalue weighted by molar-refractivity contribution is -0.137. The second-order valence-electron chi connectivity index (χ2n) is 3.90. The van der Waals surface area contributed by atoms with E-state index < -0.39 is 17.6 Å². The zero-order valence-corrected chi connectivity index (χ0v) is 10.6. The van der Waals surface area contributed by atoms with Crippen LogP contribution in [0.25, 0.3) is 0 Å². The normalized spacial score (nSPS) is 16.2. The van der Waals surface area contributed by atoms with Crippen LogP contribution in [0.5, 0.6) is 0 Å². The number of ether oxygens (including phenoxy) is 1. The molecule has 3 nitrogen and oxygen atoms in total. The van der Waals surface area contributed by atoms with Gasteiger partial charge < -0.3 is 10.1 Å². The van der Waals surface area contributed by atoms with Gasteiger partial charge in [0.25, 0.3) is 5.91 Å². The Kier molecular flexibility index (Phi) is 3.63. The molecule has 1 aliphatic heterocycles. The minimum Gasteiger partial charge on any atom is -0.377 e. The van der Waals surface area contributed by atoms with E-state index in [2.05, 4.69) is 21.2 Å². The highest BCUT2D eigenvalue weighted by molar-refractivity contribution is 9.10. The van der Waals surface area contributed by atoms with Crippen LogP contribution in [0.15, 0.2) is 22.7 Å². The van der Waals surface area contributed by atoms with Gasteiger partial charge in [-0.2, -0.15) is 13.2 Å². The third-order valence-electron chi connectivity index (χ3n) is 2.51. The molecule has 1 fully saturated rings. The van der Waals surface area contributed by atoms with Crippen LogP contribution >= 0.6 is 15.9 Å². The van der Waals surface area contributed by atoms with Crippen molar-refractivity contribution in [3.63, 3.8) is 0 Å². The zero-order valence-electron chi connectivity index (χ0n) is 9.05. The highest BCUT2D eigenvalue weighted by Crippen LogP contribution is 2.31. The molecule has 1 saturated heterocycles. The van der Waals surface area contributed by atoms with E-state index in [4.69, 9.17) is 4.74 Å². The van der Waals surface area contributed by atoms with Crippen LogP contribution in [0.4, 0.5) is 13.2 Å². The van der Waals surface area contributed by atoms with Gasteiger partial charge in [0.2, 0.25) is 0 Å². The average Bonchev–Trinajstić information content (AvgIpc) is 2.22. The maximum Gasteiger partial charge on any atom is 0.416 e. The Hall–Kier alpha value is -1.08. The van der Waals surface area contributed by atoms with Crippen LogP contribution in [0.1, 0.15) is 15.9 Å². The molecular formula is C11H9BrF3NO2. The van der Waals surface area contributed by atoms with E-state index >= 15 is 0 Å². The predicted octanol–water partition coefficient (Wildman–Crippen LogP) is 2.60. The van der Waals surface area contributed by atoms with Gasteiger partial charge in [-0.25, -0.2) is 0 Å². The van der Waals surface area contributed by atoms with E-state index in [-0.39, 0.29) is 11.6 Å². The molecule has 7 heteroatoms. The van der Waals surface area contributed by atoms with Crippen LogP contribution < -0.4 is 5.32 Å². The van der Waals surface area contributed by atoms with Gasteiger partial charge in [0.1, 0.15) is 0 Å². The maximum absolute atomic E-state index is 12.5. The maximum atomic E-state index is 12.5. The molecular weight excluding hydrogens is 315 g/mol. The van der Waals surface area contributed by atoms with E-state index in [9.17, 15) is 18.0 Å². The zero-order chi connectivity index (χ0) is 13.3. The van der Waals surface area contributed by atoms with E-state index in [1.54, 1.807) is 0 Å². The second-order valence-corrected chi connectivity index (χ2v) is 4.75. The van der Waals surface area contributed by atoms with Crippen molar-refractivity contribution < 1.29 is 22.7 Å². The Labute approximate surface area is 109 Å². The first-order valence-electron chi connectivity index (χ1n) is 5.13. The van der Waals surface area contributed by atoms with Gasteiger partial charge in [-0.15, -0.1) is 0 Å². The molecule has 0 spiro atoms. The number of halogens is 4. The Morgan fingerprint density at radius 2 is 2.06 bits per heavy atom. The molecule has 0 unspecified atom stereocenters. The molecule has 0 atom stereocenters. The molecule has 0 aromatic heterocycles. The number of rotatable bonds is 2. The van der Waals surface area contributed by atoms with Crippen molar-refractivity contribution in [2.75, 3.05) is 13.2 Å². The van der Waals surface area contributed by atoms with E-state index in [1.807, 2.05) is 0 Å². The van der Waals surface area contributed by atoms with Crippen molar-refractivity contribution in [1.29, 1.82) is 0 Å². The minimum atomic E-state index is -4.46. The summed E-state index contributed by atoms with van der Waals surface area (Å²) in [6.07, 6.45) is -4.46. The Bertz CT molecular complexity index is 472. The molecule has 2 rings (SSSR count). The molecule has 1 N–H and O–H groups in total. The summed E-state index contributed by atoms with van der Waals surface area (Å²) in [5.41, 5.74) is -0.877. The van der Waals surface area contributed by atoms with E-state index in [1.165, 1.54) is 6.07 Å². The number of alkyl halides is 3. The van der Waals surface area contributed by atoms with Crippen molar-refractivity contribution in [3.8, 4) is 0 Å². The summed E-state index contributed by atoms with van der Waals surface area (Å²) in [5.74, 6) is -0.540. The van der Waals surface area contributed by atoms with Crippen molar-refractivity contribution >= 4 is 21.8 Å². The third kappa shape index (κ3) is 2.84. The van der Waals surface area contributed by atoms with Gasteiger partial charge >= 0.3 is 6.18 Å². The van der Waals surface area contributed by atoms with E-state index in [0.29, 0.717) is 17.7 Å². The highest BCUT2D eigenvalue weighted by Gasteiger charge is 2.32. The van der Waals surface area contributed by atoms with Gasteiger partial charge in [-0.1, -0.05) is 0 Å². The number of amides is 1. The lowest BCUT2D eigenvalue weighted by atomic mass is 10.1. The first kappa shape index (κ1) is 13.4. The monoisotopic (exact) mass is 323 g/mol. The number of hydrogen-bond donors (Lipinski definition) is 1. The van der Waals surface area contributed by atoms with Crippen LogP contribution in [-0.4, -0.2) is 25.2 Å². The Morgan fingerprint density at radius 1 is 1.39 bits per heavy atom. The van der Waals surface area contributed by atoms with Crippen LogP contribution in [0.2, 0.25) is 0 Å². The van der Waals surface area contributed by atoms with Crippen molar-refractivity contribution in [3.05, 3.63) is 33.8 Å². The Morgan fingerprint density at radius 3 is 2.56 bits per heavy atom. The summed E-state index contributed by atoms with van der Waals surface area (Å²) in [6.45, 7) is 0.782. The van der Waals surface area contributed by atoms with Crippen molar-refractivity contribution in [2.24, 2.45) is 0 Å². The van der Waals surface area contributed by atoms with Crippen molar-refractivity contribution in [2.45, 2.75) is 12.2 Å².